The van der Waals surface area contributed by atoms with Crippen LogP contribution in [0.2, 0.25) is 0 Å². The van der Waals surface area contributed by atoms with Crippen LogP contribution in [0, 0.1) is 17.3 Å². The lowest BCUT2D eigenvalue weighted by Gasteiger charge is -2.35. The summed E-state index contributed by atoms with van der Waals surface area (Å²) < 4.78 is 0. The van der Waals surface area contributed by atoms with Gasteiger partial charge in [-0.25, -0.2) is 0 Å². The van der Waals surface area contributed by atoms with Crippen molar-refractivity contribution in [3.05, 3.63) is 35.9 Å². The van der Waals surface area contributed by atoms with Crippen LogP contribution in [-0.2, 0) is 9.59 Å². The number of benzene rings is 1. The molecule has 0 aromatic heterocycles. The first-order valence-corrected chi connectivity index (χ1v) is 9.83. The Morgan fingerprint density at radius 1 is 1.12 bits per heavy atom. The topological polar surface area (TPSA) is 49.4 Å². The molecule has 1 unspecified atom stereocenters. The molecule has 0 aliphatic carbocycles. The summed E-state index contributed by atoms with van der Waals surface area (Å²) in [7, 11) is 0. The van der Waals surface area contributed by atoms with Gasteiger partial charge in [-0.1, -0.05) is 65.0 Å². The van der Waals surface area contributed by atoms with Gasteiger partial charge in [0, 0.05) is 24.4 Å². The van der Waals surface area contributed by atoms with E-state index in [0.29, 0.717) is 19.0 Å². The van der Waals surface area contributed by atoms with Gasteiger partial charge in [-0.15, -0.1) is 0 Å². The molecule has 1 aromatic rings. The predicted molar refractivity (Wildman–Crippen MR) is 106 cm³/mol. The van der Waals surface area contributed by atoms with Crippen LogP contribution in [0.25, 0.3) is 0 Å². The Labute approximate surface area is 158 Å². The predicted octanol–water partition coefficient (Wildman–Crippen LogP) is 4.17. The summed E-state index contributed by atoms with van der Waals surface area (Å²) >= 11 is 0. The number of carbonyl (C=O) groups is 2. The molecular weight excluding hydrogens is 324 g/mol. The summed E-state index contributed by atoms with van der Waals surface area (Å²) in [6.45, 7) is 11.6. The maximum Gasteiger partial charge on any atom is 0.227 e. The van der Waals surface area contributed by atoms with E-state index >= 15 is 0 Å². The number of hydrogen-bond acceptors (Lipinski definition) is 2. The van der Waals surface area contributed by atoms with Crippen LogP contribution in [0.15, 0.2) is 30.3 Å². The summed E-state index contributed by atoms with van der Waals surface area (Å²) in [6.07, 6.45) is 2.42. The molecule has 0 saturated carbocycles. The zero-order valence-corrected chi connectivity index (χ0v) is 16.9. The van der Waals surface area contributed by atoms with Crippen molar-refractivity contribution >= 4 is 11.8 Å². The van der Waals surface area contributed by atoms with E-state index < -0.39 is 0 Å². The molecule has 0 bridgehead atoms. The van der Waals surface area contributed by atoms with Gasteiger partial charge in [-0.3, -0.25) is 9.59 Å². The summed E-state index contributed by atoms with van der Waals surface area (Å²) in [5.41, 5.74) is 0.806. The molecule has 1 aliphatic rings. The quantitative estimate of drug-likeness (QED) is 0.858. The van der Waals surface area contributed by atoms with E-state index in [1.54, 1.807) is 0 Å². The van der Waals surface area contributed by atoms with Gasteiger partial charge in [0.05, 0.1) is 6.04 Å². The minimum atomic E-state index is -0.356. The molecule has 1 aliphatic heterocycles. The van der Waals surface area contributed by atoms with Crippen LogP contribution in [0.3, 0.4) is 0 Å². The van der Waals surface area contributed by atoms with E-state index in [9.17, 15) is 9.59 Å². The molecule has 1 atom stereocenters. The van der Waals surface area contributed by atoms with Crippen molar-refractivity contribution in [1.29, 1.82) is 0 Å². The van der Waals surface area contributed by atoms with Crippen LogP contribution in [-0.4, -0.2) is 29.8 Å². The molecule has 2 amide bonds. The first-order valence-electron chi connectivity index (χ1n) is 9.83. The molecule has 1 heterocycles. The highest BCUT2D eigenvalue weighted by Gasteiger charge is 2.33. The Hall–Kier alpha value is -1.84. The second-order valence-electron chi connectivity index (χ2n) is 8.92. The first-order chi connectivity index (χ1) is 12.2. The average molecular weight is 359 g/mol. The van der Waals surface area contributed by atoms with Crippen LogP contribution < -0.4 is 5.32 Å². The largest absolute Gasteiger partial charge is 0.349 e. The molecule has 26 heavy (non-hydrogen) atoms. The minimum absolute atomic E-state index is 0.00241. The van der Waals surface area contributed by atoms with Crippen LogP contribution in [0.1, 0.15) is 65.5 Å². The molecule has 0 spiro atoms. The van der Waals surface area contributed by atoms with Crippen molar-refractivity contribution in [1.82, 2.24) is 10.2 Å². The normalized spacial score (nSPS) is 17.2. The lowest BCUT2D eigenvalue weighted by atomic mass is 9.90. The lowest BCUT2D eigenvalue weighted by Crippen LogP contribution is -2.47. The monoisotopic (exact) mass is 358 g/mol. The van der Waals surface area contributed by atoms with Crippen molar-refractivity contribution in [3.63, 3.8) is 0 Å². The molecule has 1 N–H and O–H groups in total. The molecule has 4 heteroatoms. The van der Waals surface area contributed by atoms with Crippen LogP contribution in [0.4, 0.5) is 0 Å². The first kappa shape index (κ1) is 20.5. The molecule has 4 nitrogen and oxygen atoms in total. The lowest BCUT2D eigenvalue weighted by molar-refractivity contribution is -0.142. The number of amides is 2. The van der Waals surface area contributed by atoms with Crippen LogP contribution >= 0.6 is 0 Å². The second kappa shape index (κ2) is 8.70. The standard InChI is InChI=1S/C22H34N2O2/c1-16(2)15-19(17-9-7-6-8-10-17)23-20(25)18-11-13-24(14-12-18)21(26)22(3,4)5/h6-10,16,18-19H,11-15H2,1-5H3,(H,23,25). The van der Waals surface area contributed by atoms with E-state index in [4.69, 9.17) is 0 Å². The van der Waals surface area contributed by atoms with Crippen LogP contribution in [0.5, 0.6) is 0 Å². The van der Waals surface area contributed by atoms with E-state index in [-0.39, 0.29) is 29.2 Å². The Bertz CT molecular complexity index is 596. The van der Waals surface area contributed by atoms with E-state index in [0.717, 1.165) is 24.8 Å². The highest BCUT2D eigenvalue weighted by atomic mass is 16.2. The third kappa shape index (κ3) is 5.58. The SMILES string of the molecule is CC(C)CC(NC(=O)C1CCN(C(=O)C(C)(C)C)CC1)c1ccccc1. The Kier molecular flexibility index (Phi) is 6.85. The zero-order valence-electron chi connectivity index (χ0n) is 16.9. The zero-order chi connectivity index (χ0) is 19.3. The van der Waals surface area contributed by atoms with Gasteiger partial charge >= 0.3 is 0 Å². The van der Waals surface area contributed by atoms with E-state index in [1.807, 2.05) is 43.9 Å². The van der Waals surface area contributed by atoms with Gasteiger partial charge in [0.1, 0.15) is 0 Å². The van der Waals surface area contributed by atoms with Gasteiger partial charge in [0.15, 0.2) is 0 Å². The van der Waals surface area contributed by atoms with Gasteiger partial charge < -0.3 is 10.2 Å². The summed E-state index contributed by atoms with van der Waals surface area (Å²) in [5.74, 6) is 0.810. The molecule has 0 radical (unpaired) electrons. The minimum Gasteiger partial charge on any atom is -0.349 e. The van der Waals surface area contributed by atoms with Gasteiger partial charge in [-0.05, 0) is 30.7 Å². The number of piperidine rings is 1. The van der Waals surface area contributed by atoms with Gasteiger partial charge in [0.2, 0.25) is 11.8 Å². The summed E-state index contributed by atoms with van der Waals surface area (Å²) in [4.78, 5) is 27.1. The number of hydrogen-bond donors (Lipinski definition) is 1. The molecule has 144 valence electrons. The van der Waals surface area contributed by atoms with Gasteiger partial charge in [0.25, 0.3) is 0 Å². The van der Waals surface area contributed by atoms with Crippen molar-refractivity contribution in [3.8, 4) is 0 Å². The summed E-state index contributed by atoms with van der Waals surface area (Å²) in [5, 5.41) is 3.27. The average Bonchev–Trinajstić information content (AvgIpc) is 2.60. The number of rotatable bonds is 5. The fraction of sp³-hybridized carbons (Fsp3) is 0.636. The third-order valence-electron chi connectivity index (χ3n) is 5.02. The molecule has 1 fully saturated rings. The number of nitrogens with zero attached hydrogens (tertiary/aromatic N) is 1. The molecule has 1 aromatic carbocycles. The van der Waals surface area contributed by atoms with E-state index in [2.05, 4.69) is 31.3 Å². The molecule has 2 rings (SSSR count). The number of nitrogens with one attached hydrogen (secondary N) is 1. The number of carbonyl (C=O) groups excluding carboxylic acids is 2. The van der Waals surface area contributed by atoms with Crippen molar-refractivity contribution in [2.45, 2.75) is 59.9 Å². The highest BCUT2D eigenvalue weighted by molar-refractivity contribution is 5.83. The fourth-order valence-corrected chi connectivity index (χ4v) is 3.54. The summed E-state index contributed by atoms with van der Waals surface area (Å²) in [6, 6.07) is 10.3. The third-order valence-corrected chi connectivity index (χ3v) is 5.02. The second-order valence-corrected chi connectivity index (χ2v) is 8.92. The van der Waals surface area contributed by atoms with Gasteiger partial charge in [-0.2, -0.15) is 0 Å². The highest BCUT2D eigenvalue weighted by Crippen LogP contribution is 2.26. The smallest absolute Gasteiger partial charge is 0.227 e. The Morgan fingerprint density at radius 3 is 2.19 bits per heavy atom. The molecule has 1 saturated heterocycles. The fourth-order valence-electron chi connectivity index (χ4n) is 3.54. The maximum atomic E-state index is 12.8. The Morgan fingerprint density at radius 2 is 1.69 bits per heavy atom. The van der Waals surface area contributed by atoms with Crippen molar-refractivity contribution in [2.24, 2.45) is 17.3 Å². The molecular formula is C22H34N2O2. The van der Waals surface area contributed by atoms with Crippen molar-refractivity contribution < 1.29 is 9.59 Å². The number of likely N-dealkylation sites (tertiary alicyclic amines) is 1. The van der Waals surface area contributed by atoms with E-state index in [1.165, 1.54) is 0 Å². The maximum absolute atomic E-state index is 12.8. The van der Waals surface area contributed by atoms with Crippen molar-refractivity contribution in [2.75, 3.05) is 13.1 Å². The Balaban J connectivity index is 1.95.